The number of methoxy groups -OCH3 is 2. The topological polar surface area (TPSA) is 98.9 Å². The summed E-state index contributed by atoms with van der Waals surface area (Å²) in [5.41, 5.74) is 5.24. The largest absolute Gasteiger partial charge is 0.469 e. The van der Waals surface area contributed by atoms with Crippen LogP contribution in [0.25, 0.3) is 0 Å². The van der Waals surface area contributed by atoms with Gasteiger partial charge in [0.05, 0.1) is 26.7 Å². The zero-order chi connectivity index (χ0) is 10.4. The van der Waals surface area contributed by atoms with Gasteiger partial charge in [-0.05, 0) is 0 Å². The molecule has 0 fully saturated rings. The van der Waals surface area contributed by atoms with Crippen LogP contribution < -0.4 is 5.73 Å². The molecule has 0 rings (SSSR count). The Morgan fingerprint density at radius 1 is 1.38 bits per heavy atom. The molecule has 0 aliphatic heterocycles. The van der Waals surface area contributed by atoms with Gasteiger partial charge >= 0.3 is 11.9 Å². The molecule has 6 nitrogen and oxygen atoms in total. The van der Waals surface area contributed by atoms with E-state index < -0.39 is 24.1 Å². The highest BCUT2D eigenvalue weighted by Gasteiger charge is 2.25. The number of aliphatic hydroxyl groups excluding tert-OH is 1. The van der Waals surface area contributed by atoms with Crippen molar-refractivity contribution in [2.45, 2.75) is 18.6 Å². The third-order valence-electron chi connectivity index (χ3n) is 1.49. The second-order valence-electron chi connectivity index (χ2n) is 2.40. The Bertz CT molecular complexity index is 193. The van der Waals surface area contributed by atoms with Crippen LogP contribution in [-0.4, -0.2) is 43.4 Å². The first-order chi connectivity index (χ1) is 6.02. The molecule has 0 heterocycles. The number of ether oxygens (including phenoxy) is 2. The van der Waals surface area contributed by atoms with Crippen LogP contribution in [0.5, 0.6) is 0 Å². The monoisotopic (exact) mass is 191 g/mol. The summed E-state index contributed by atoms with van der Waals surface area (Å²) >= 11 is 0. The molecule has 0 saturated carbocycles. The number of rotatable bonds is 4. The molecular weight excluding hydrogens is 178 g/mol. The number of hydrogen-bond acceptors (Lipinski definition) is 6. The van der Waals surface area contributed by atoms with Crippen LogP contribution in [0, 0.1) is 0 Å². The average Bonchev–Trinajstić information content (AvgIpc) is 2.14. The number of aliphatic hydroxyl groups is 1. The lowest BCUT2D eigenvalue weighted by Crippen LogP contribution is -2.43. The quantitative estimate of drug-likeness (QED) is 0.520. The van der Waals surface area contributed by atoms with Crippen molar-refractivity contribution in [2.24, 2.45) is 5.73 Å². The van der Waals surface area contributed by atoms with Gasteiger partial charge in [0.25, 0.3) is 0 Å². The van der Waals surface area contributed by atoms with Gasteiger partial charge < -0.3 is 20.3 Å². The third kappa shape index (κ3) is 3.86. The summed E-state index contributed by atoms with van der Waals surface area (Å²) in [6, 6.07) is -1.22. The molecule has 0 aliphatic rings. The Kier molecular flexibility index (Phi) is 5.01. The summed E-state index contributed by atoms with van der Waals surface area (Å²) in [5, 5.41) is 9.19. The number of hydrogen-bond donors (Lipinski definition) is 2. The van der Waals surface area contributed by atoms with E-state index in [-0.39, 0.29) is 6.42 Å². The van der Waals surface area contributed by atoms with Crippen molar-refractivity contribution in [1.82, 2.24) is 0 Å². The van der Waals surface area contributed by atoms with Crippen LogP contribution in [0.2, 0.25) is 0 Å². The zero-order valence-electron chi connectivity index (χ0n) is 7.52. The first kappa shape index (κ1) is 11.9. The first-order valence-corrected chi connectivity index (χ1v) is 3.61. The number of nitrogens with two attached hydrogens (primary N) is 1. The molecule has 76 valence electrons. The fraction of sp³-hybridized carbons (Fsp3) is 0.714. The molecule has 0 radical (unpaired) electrons. The fourth-order valence-electron chi connectivity index (χ4n) is 0.674. The average molecular weight is 191 g/mol. The lowest BCUT2D eigenvalue weighted by Gasteiger charge is -2.14. The van der Waals surface area contributed by atoms with Gasteiger partial charge in [0.2, 0.25) is 0 Å². The minimum absolute atomic E-state index is 0.327. The molecular formula is C7H13NO5. The van der Waals surface area contributed by atoms with Gasteiger partial charge in [-0.25, -0.2) is 0 Å². The molecule has 0 saturated heterocycles. The molecule has 0 spiro atoms. The molecule has 0 aromatic heterocycles. The van der Waals surface area contributed by atoms with E-state index in [1.807, 2.05) is 0 Å². The number of esters is 2. The Morgan fingerprint density at radius 3 is 2.31 bits per heavy atom. The van der Waals surface area contributed by atoms with Crippen molar-refractivity contribution in [3.05, 3.63) is 0 Å². The van der Waals surface area contributed by atoms with Crippen LogP contribution in [0.1, 0.15) is 6.42 Å². The predicted molar refractivity (Wildman–Crippen MR) is 42.6 cm³/mol. The summed E-state index contributed by atoms with van der Waals surface area (Å²) in [6.07, 6.45) is -1.60. The van der Waals surface area contributed by atoms with Crippen LogP contribution in [0.15, 0.2) is 0 Å². The molecule has 0 aromatic rings. The summed E-state index contributed by atoms with van der Waals surface area (Å²) in [7, 11) is 2.33. The predicted octanol–water partition coefficient (Wildman–Crippen LogP) is -1.59. The van der Waals surface area contributed by atoms with Gasteiger partial charge in [-0.2, -0.15) is 0 Å². The van der Waals surface area contributed by atoms with Gasteiger partial charge in [-0.3, -0.25) is 9.59 Å². The molecule has 0 aliphatic carbocycles. The second-order valence-corrected chi connectivity index (χ2v) is 2.40. The van der Waals surface area contributed by atoms with E-state index >= 15 is 0 Å². The van der Waals surface area contributed by atoms with E-state index in [2.05, 4.69) is 9.47 Å². The molecule has 6 heteroatoms. The molecule has 3 N–H and O–H groups in total. The van der Waals surface area contributed by atoms with Gasteiger partial charge in [-0.1, -0.05) is 0 Å². The maximum atomic E-state index is 10.8. The maximum Gasteiger partial charge on any atom is 0.325 e. The Morgan fingerprint density at radius 2 is 1.92 bits per heavy atom. The van der Waals surface area contributed by atoms with Gasteiger partial charge in [0, 0.05) is 0 Å². The van der Waals surface area contributed by atoms with Crippen molar-refractivity contribution in [3.63, 3.8) is 0 Å². The van der Waals surface area contributed by atoms with Crippen molar-refractivity contribution in [3.8, 4) is 0 Å². The smallest absolute Gasteiger partial charge is 0.325 e. The fourth-order valence-corrected chi connectivity index (χ4v) is 0.674. The van der Waals surface area contributed by atoms with E-state index in [4.69, 9.17) is 5.73 Å². The van der Waals surface area contributed by atoms with E-state index in [0.29, 0.717) is 0 Å². The minimum Gasteiger partial charge on any atom is -0.469 e. The number of carbonyl (C=O) groups is 2. The second kappa shape index (κ2) is 5.50. The lowest BCUT2D eigenvalue weighted by molar-refractivity contribution is -0.148. The maximum absolute atomic E-state index is 10.8. The standard InChI is InChI=1S/C7H13NO5/c1-12-5(10)3-4(9)6(8)7(11)13-2/h4,6,9H,3,8H2,1-2H3. The van der Waals surface area contributed by atoms with Crippen molar-refractivity contribution >= 4 is 11.9 Å². The molecule has 0 amide bonds. The van der Waals surface area contributed by atoms with E-state index in [9.17, 15) is 14.7 Å². The van der Waals surface area contributed by atoms with Crippen molar-refractivity contribution in [2.75, 3.05) is 14.2 Å². The Labute approximate surface area is 75.6 Å². The highest BCUT2D eigenvalue weighted by molar-refractivity contribution is 5.78. The van der Waals surface area contributed by atoms with Crippen LogP contribution in [0.4, 0.5) is 0 Å². The van der Waals surface area contributed by atoms with Gasteiger partial charge in [0.1, 0.15) is 6.04 Å². The molecule has 0 bridgehead atoms. The van der Waals surface area contributed by atoms with E-state index in [0.717, 1.165) is 7.11 Å². The first-order valence-electron chi connectivity index (χ1n) is 3.61. The van der Waals surface area contributed by atoms with Crippen molar-refractivity contribution < 1.29 is 24.2 Å². The number of carbonyl (C=O) groups excluding carboxylic acids is 2. The van der Waals surface area contributed by atoms with E-state index in [1.54, 1.807) is 0 Å². The molecule has 13 heavy (non-hydrogen) atoms. The van der Waals surface area contributed by atoms with Gasteiger partial charge in [0.15, 0.2) is 0 Å². The highest BCUT2D eigenvalue weighted by Crippen LogP contribution is 1.99. The van der Waals surface area contributed by atoms with Crippen LogP contribution >= 0.6 is 0 Å². The summed E-state index contributed by atoms with van der Waals surface area (Å²) < 4.78 is 8.55. The molecule has 2 unspecified atom stereocenters. The Balaban J connectivity index is 4.02. The summed E-state index contributed by atoms with van der Waals surface area (Å²) in [4.78, 5) is 21.4. The van der Waals surface area contributed by atoms with Gasteiger partial charge in [-0.15, -0.1) is 0 Å². The third-order valence-corrected chi connectivity index (χ3v) is 1.49. The van der Waals surface area contributed by atoms with E-state index in [1.165, 1.54) is 7.11 Å². The minimum atomic E-state index is -1.28. The summed E-state index contributed by atoms with van der Waals surface area (Å²) in [6.45, 7) is 0. The summed E-state index contributed by atoms with van der Waals surface area (Å²) in [5.74, 6) is -1.40. The van der Waals surface area contributed by atoms with Crippen molar-refractivity contribution in [1.29, 1.82) is 0 Å². The lowest BCUT2D eigenvalue weighted by atomic mass is 10.1. The highest BCUT2D eigenvalue weighted by atomic mass is 16.5. The van der Waals surface area contributed by atoms with Crippen LogP contribution in [0.3, 0.4) is 0 Å². The molecule has 2 atom stereocenters. The Hall–Kier alpha value is -1.14. The molecule has 0 aromatic carbocycles. The zero-order valence-corrected chi connectivity index (χ0v) is 7.52. The SMILES string of the molecule is COC(=O)CC(O)C(N)C(=O)OC. The normalized spacial score (nSPS) is 14.5. The van der Waals surface area contributed by atoms with Crippen LogP contribution in [-0.2, 0) is 19.1 Å².